The van der Waals surface area contributed by atoms with E-state index in [1.54, 1.807) is 0 Å². The molecule has 2 heterocycles. The minimum atomic E-state index is 1.13. The summed E-state index contributed by atoms with van der Waals surface area (Å²) in [6.07, 6.45) is 0. The summed E-state index contributed by atoms with van der Waals surface area (Å²) in [5.74, 6) is 0. The molecule has 0 saturated heterocycles. The number of rotatable bonds is 4. The van der Waals surface area contributed by atoms with E-state index in [0.717, 1.165) is 22.7 Å². The average Bonchev–Trinajstić information content (AvgIpc) is 3.73. The number of fused-ring (bicyclic) bond motifs is 11. The molecule has 0 aliphatic carbocycles. The zero-order valence-corrected chi connectivity index (χ0v) is 28.4. The average molecular weight is 667 g/mol. The summed E-state index contributed by atoms with van der Waals surface area (Å²) in [6, 6.07) is 66.9. The van der Waals surface area contributed by atoms with Crippen molar-refractivity contribution in [3.63, 3.8) is 0 Å². The number of thiophene rings is 1. The fraction of sp³-hybridized carbons (Fsp3) is 0. The van der Waals surface area contributed by atoms with E-state index in [2.05, 4.69) is 191 Å². The van der Waals surface area contributed by atoms with Gasteiger partial charge in [-0.3, -0.25) is 0 Å². The van der Waals surface area contributed by atoms with Crippen molar-refractivity contribution in [2.75, 3.05) is 4.90 Å². The van der Waals surface area contributed by atoms with E-state index in [4.69, 9.17) is 0 Å². The molecule has 2 nitrogen and oxygen atoms in total. The van der Waals surface area contributed by atoms with E-state index < -0.39 is 0 Å². The lowest BCUT2D eigenvalue weighted by Gasteiger charge is -2.26. The summed E-state index contributed by atoms with van der Waals surface area (Å²) in [4.78, 5) is 2.43. The maximum absolute atomic E-state index is 2.43. The van der Waals surface area contributed by atoms with Crippen LogP contribution in [0.4, 0.5) is 17.1 Å². The summed E-state index contributed by atoms with van der Waals surface area (Å²) in [5.41, 5.74) is 6.97. The van der Waals surface area contributed by atoms with Crippen LogP contribution in [0.1, 0.15) is 0 Å². The monoisotopic (exact) mass is 666 g/mol. The molecular weight excluding hydrogens is 637 g/mol. The van der Waals surface area contributed by atoms with Crippen molar-refractivity contribution >= 4 is 103 Å². The van der Waals surface area contributed by atoms with Crippen LogP contribution in [0.3, 0.4) is 0 Å². The second-order valence-electron chi connectivity index (χ2n) is 13.4. The predicted octanol–water partition coefficient (Wildman–Crippen LogP) is 14.1. The van der Waals surface area contributed by atoms with Gasteiger partial charge in [0.15, 0.2) is 0 Å². The van der Waals surface area contributed by atoms with Gasteiger partial charge in [-0.25, -0.2) is 0 Å². The van der Waals surface area contributed by atoms with E-state index in [1.165, 1.54) is 74.3 Å². The molecule has 51 heavy (non-hydrogen) atoms. The zero-order chi connectivity index (χ0) is 33.5. The molecule has 9 aromatic carbocycles. The normalized spacial score (nSPS) is 11.9. The molecular formula is C48H30N2S. The van der Waals surface area contributed by atoms with E-state index in [1.807, 2.05) is 11.3 Å². The minimum absolute atomic E-state index is 1.13. The van der Waals surface area contributed by atoms with Gasteiger partial charge in [0.2, 0.25) is 0 Å². The van der Waals surface area contributed by atoms with Crippen molar-refractivity contribution in [1.82, 2.24) is 4.57 Å². The molecule has 2 aromatic heterocycles. The number of hydrogen-bond acceptors (Lipinski definition) is 2. The molecule has 0 aliphatic heterocycles. The van der Waals surface area contributed by atoms with Gasteiger partial charge in [0.1, 0.15) is 0 Å². The number of para-hydroxylation sites is 2. The van der Waals surface area contributed by atoms with Gasteiger partial charge < -0.3 is 9.47 Å². The Morgan fingerprint density at radius 1 is 0.333 bits per heavy atom. The SMILES string of the molecule is c1ccc(-n2c3ccccc3c3cc(N(c4ccc5c(ccc6c7ccccc7ccc56)c4)c4ccc5sc6ccccc6c5c4)ccc32)cc1. The fourth-order valence-electron chi connectivity index (χ4n) is 8.21. The molecule has 0 aliphatic rings. The van der Waals surface area contributed by atoms with Gasteiger partial charge in [-0.15, -0.1) is 11.3 Å². The van der Waals surface area contributed by atoms with Gasteiger partial charge in [0, 0.05) is 53.7 Å². The van der Waals surface area contributed by atoms with Crippen LogP contribution in [0, 0.1) is 0 Å². The minimum Gasteiger partial charge on any atom is -0.310 e. The highest BCUT2D eigenvalue weighted by molar-refractivity contribution is 7.25. The Balaban J connectivity index is 1.16. The highest BCUT2D eigenvalue weighted by Gasteiger charge is 2.19. The molecule has 0 atom stereocenters. The topological polar surface area (TPSA) is 8.17 Å². The fourth-order valence-corrected chi connectivity index (χ4v) is 9.30. The first kappa shape index (κ1) is 28.4. The Morgan fingerprint density at radius 3 is 1.76 bits per heavy atom. The molecule has 11 rings (SSSR count). The maximum atomic E-state index is 2.43. The standard InChI is InChI=1S/C48H30N2S/c1-2-11-33(12-3-1)50-45-16-8-6-14-41(45)43-29-35(21-26-46(43)50)49(36-22-27-48-44(30-36)42-15-7-9-17-47(42)51-48)34-20-25-38-32(28-34)19-24-39-37-13-5-4-10-31(37)18-23-40(38)39/h1-30H. The van der Waals surface area contributed by atoms with Gasteiger partial charge in [0.25, 0.3) is 0 Å². The molecule has 11 aromatic rings. The van der Waals surface area contributed by atoms with Crippen LogP contribution in [-0.2, 0) is 0 Å². The number of nitrogens with zero attached hydrogens (tertiary/aromatic N) is 2. The molecule has 0 N–H and O–H groups in total. The van der Waals surface area contributed by atoms with Gasteiger partial charge in [-0.05, 0) is 105 Å². The quantitative estimate of drug-likeness (QED) is 0.170. The lowest BCUT2D eigenvalue weighted by Crippen LogP contribution is -2.10. The maximum Gasteiger partial charge on any atom is 0.0542 e. The summed E-state index contributed by atoms with van der Waals surface area (Å²) in [5, 5.41) is 12.7. The van der Waals surface area contributed by atoms with Crippen LogP contribution in [0.5, 0.6) is 0 Å². The molecule has 0 unspecified atom stereocenters. The Kier molecular flexibility index (Phi) is 6.16. The van der Waals surface area contributed by atoms with Crippen molar-refractivity contribution in [1.29, 1.82) is 0 Å². The summed E-state index contributed by atoms with van der Waals surface area (Å²) >= 11 is 1.86. The molecule has 0 saturated carbocycles. The Morgan fingerprint density at radius 2 is 0.902 bits per heavy atom. The molecule has 0 radical (unpaired) electrons. The highest BCUT2D eigenvalue weighted by Crippen LogP contribution is 2.44. The van der Waals surface area contributed by atoms with Crippen molar-refractivity contribution in [2.24, 2.45) is 0 Å². The Hall–Kier alpha value is -6.42. The number of anilines is 3. The largest absolute Gasteiger partial charge is 0.310 e. The number of benzene rings is 9. The van der Waals surface area contributed by atoms with Crippen LogP contribution in [0.25, 0.3) is 80.0 Å². The summed E-state index contributed by atoms with van der Waals surface area (Å²) < 4.78 is 5.00. The highest BCUT2D eigenvalue weighted by atomic mass is 32.1. The molecule has 0 spiro atoms. The van der Waals surface area contributed by atoms with E-state index in [0.29, 0.717) is 0 Å². The third kappa shape index (κ3) is 4.35. The predicted molar refractivity (Wildman–Crippen MR) is 221 cm³/mol. The third-order valence-corrected chi connectivity index (χ3v) is 11.7. The summed E-state index contributed by atoms with van der Waals surface area (Å²) in [7, 11) is 0. The lowest BCUT2D eigenvalue weighted by molar-refractivity contribution is 1.18. The Bertz CT molecular complexity index is 3150. The van der Waals surface area contributed by atoms with Crippen LogP contribution in [0.2, 0.25) is 0 Å². The first-order valence-corrected chi connectivity index (χ1v) is 18.2. The van der Waals surface area contributed by atoms with E-state index >= 15 is 0 Å². The molecule has 0 amide bonds. The van der Waals surface area contributed by atoms with E-state index in [-0.39, 0.29) is 0 Å². The lowest BCUT2D eigenvalue weighted by atomic mass is 9.96. The third-order valence-electron chi connectivity index (χ3n) is 10.5. The van der Waals surface area contributed by atoms with Crippen molar-refractivity contribution in [2.45, 2.75) is 0 Å². The van der Waals surface area contributed by atoms with Crippen LogP contribution < -0.4 is 4.90 Å². The van der Waals surface area contributed by atoms with Crippen molar-refractivity contribution in [3.8, 4) is 5.69 Å². The van der Waals surface area contributed by atoms with Crippen molar-refractivity contribution in [3.05, 3.63) is 182 Å². The van der Waals surface area contributed by atoms with Gasteiger partial charge >= 0.3 is 0 Å². The van der Waals surface area contributed by atoms with Crippen molar-refractivity contribution < 1.29 is 0 Å². The van der Waals surface area contributed by atoms with Crippen LogP contribution in [0.15, 0.2) is 182 Å². The van der Waals surface area contributed by atoms with Gasteiger partial charge in [0.05, 0.1) is 11.0 Å². The molecule has 238 valence electrons. The number of aromatic nitrogens is 1. The molecule has 0 bridgehead atoms. The Labute approximate surface area is 298 Å². The smallest absolute Gasteiger partial charge is 0.0542 e. The first-order valence-electron chi connectivity index (χ1n) is 17.4. The second-order valence-corrected chi connectivity index (χ2v) is 14.4. The van der Waals surface area contributed by atoms with Crippen LogP contribution >= 0.6 is 11.3 Å². The first-order chi connectivity index (χ1) is 25.3. The molecule has 3 heteroatoms. The van der Waals surface area contributed by atoms with Gasteiger partial charge in [-0.2, -0.15) is 0 Å². The van der Waals surface area contributed by atoms with E-state index in [9.17, 15) is 0 Å². The summed E-state index contributed by atoms with van der Waals surface area (Å²) in [6.45, 7) is 0. The number of hydrogen-bond donors (Lipinski definition) is 0. The van der Waals surface area contributed by atoms with Crippen LogP contribution in [-0.4, -0.2) is 4.57 Å². The van der Waals surface area contributed by atoms with Gasteiger partial charge in [-0.1, -0.05) is 109 Å². The zero-order valence-electron chi connectivity index (χ0n) is 27.6. The molecule has 0 fully saturated rings. The second kappa shape index (κ2) is 11.0.